The van der Waals surface area contributed by atoms with E-state index in [4.69, 9.17) is 16.1 Å². The Kier molecular flexibility index (Phi) is 4.95. The van der Waals surface area contributed by atoms with Crippen LogP contribution in [0.25, 0.3) is 0 Å². The van der Waals surface area contributed by atoms with E-state index in [0.717, 1.165) is 5.56 Å². The van der Waals surface area contributed by atoms with Crippen LogP contribution in [0, 0.1) is 6.92 Å². The first kappa shape index (κ1) is 15.2. The summed E-state index contributed by atoms with van der Waals surface area (Å²) in [5, 5.41) is 7.37. The molecule has 2 rings (SSSR count). The second-order valence-electron chi connectivity index (χ2n) is 4.21. The number of thiophene rings is 1. The molecule has 0 spiro atoms. The first-order valence-electron chi connectivity index (χ1n) is 5.80. The first-order chi connectivity index (χ1) is 9.47. The standard InChI is InChI=1S/C12H13ClN2O3S2/c1-7-5-10(18-15-7)14-12(16)8(2)20(17)6-9-3-4-19-11(9)13/h3-5,8H,6H2,1-2H3,(H,14,16). The average Bonchev–Trinajstić information content (AvgIpc) is 2.98. The summed E-state index contributed by atoms with van der Waals surface area (Å²) in [6.45, 7) is 3.36. The lowest BCUT2D eigenvalue weighted by atomic mass is 10.4. The molecule has 0 radical (unpaired) electrons. The molecular formula is C12H13ClN2O3S2. The molecule has 2 aromatic rings. The Labute approximate surface area is 127 Å². The van der Waals surface area contributed by atoms with Gasteiger partial charge in [-0.2, -0.15) is 0 Å². The van der Waals surface area contributed by atoms with Crippen LogP contribution in [0.2, 0.25) is 4.34 Å². The van der Waals surface area contributed by atoms with E-state index >= 15 is 0 Å². The summed E-state index contributed by atoms with van der Waals surface area (Å²) in [7, 11) is -1.35. The van der Waals surface area contributed by atoms with E-state index < -0.39 is 16.0 Å². The molecule has 0 fully saturated rings. The zero-order valence-corrected chi connectivity index (χ0v) is 13.3. The number of nitrogens with zero attached hydrogens (tertiary/aromatic N) is 1. The number of hydrogen-bond donors (Lipinski definition) is 1. The van der Waals surface area contributed by atoms with Gasteiger partial charge >= 0.3 is 0 Å². The van der Waals surface area contributed by atoms with E-state index in [0.29, 0.717) is 10.0 Å². The number of anilines is 1. The van der Waals surface area contributed by atoms with E-state index in [2.05, 4.69) is 10.5 Å². The van der Waals surface area contributed by atoms with E-state index in [1.807, 2.05) is 11.4 Å². The maximum absolute atomic E-state index is 12.1. The van der Waals surface area contributed by atoms with Crippen LogP contribution in [0.1, 0.15) is 18.2 Å². The highest BCUT2D eigenvalue weighted by Gasteiger charge is 2.22. The fourth-order valence-corrected chi connectivity index (χ4v) is 3.66. The average molecular weight is 333 g/mol. The lowest BCUT2D eigenvalue weighted by molar-refractivity contribution is -0.115. The highest BCUT2D eigenvalue weighted by atomic mass is 35.5. The predicted octanol–water partition coefficient (Wildman–Crippen LogP) is 2.97. The lowest BCUT2D eigenvalue weighted by Gasteiger charge is -2.10. The van der Waals surface area contributed by atoms with E-state index in [9.17, 15) is 9.00 Å². The molecule has 2 atom stereocenters. The van der Waals surface area contributed by atoms with Crippen molar-refractivity contribution in [2.45, 2.75) is 24.9 Å². The van der Waals surface area contributed by atoms with Gasteiger partial charge in [0.15, 0.2) is 0 Å². The number of amides is 1. The van der Waals surface area contributed by atoms with Crippen molar-refractivity contribution in [1.29, 1.82) is 0 Å². The monoisotopic (exact) mass is 332 g/mol. The van der Waals surface area contributed by atoms with E-state index in [1.165, 1.54) is 11.3 Å². The van der Waals surface area contributed by atoms with Crippen LogP contribution < -0.4 is 5.32 Å². The molecule has 1 amide bonds. The van der Waals surface area contributed by atoms with Crippen molar-refractivity contribution in [3.63, 3.8) is 0 Å². The van der Waals surface area contributed by atoms with Crippen molar-refractivity contribution >= 4 is 45.5 Å². The smallest absolute Gasteiger partial charge is 0.242 e. The van der Waals surface area contributed by atoms with Crippen LogP contribution in [0.4, 0.5) is 5.88 Å². The normalized spacial score (nSPS) is 13.9. The Bertz CT molecular complexity index is 638. The Balaban J connectivity index is 1.96. The molecule has 1 N–H and O–H groups in total. The minimum Gasteiger partial charge on any atom is -0.338 e. The third kappa shape index (κ3) is 3.68. The summed E-state index contributed by atoms with van der Waals surface area (Å²) in [6, 6.07) is 3.42. The molecule has 108 valence electrons. The molecule has 0 aliphatic rings. The second kappa shape index (κ2) is 6.51. The van der Waals surface area contributed by atoms with E-state index in [-0.39, 0.29) is 17.5 Å². The number of hydrogen-bond acceptors (Lipinski definition) is 5. The van der Waals surface area contributed by atoms with Crippen LogP contribution in [0.15, 0.2) is 22.0 Å². The highest BCUT2D eigenvalue weighted by molar-refractivity contribution is 7.85. The Morgan fingerprint density at radius 2 is 2.40 bits per heavy atom. The maximum atomic E-state index is 12.1. The van der Waals surface area contributed by atoms with Crippen molar-refractivity contribution in [2.24, 2.45) is 0 Å². The second-order valence-corrected chi connectivity index (χ2v) is 7.48. The summed E-state index contributed by atoms with van der Waals surface area (Å²) in [6.07, 6.45) is 0. The predicted molar refractivity (Wildman–Crippen MR) is 80.5 cm³/mol. The highest BCUT2D eigenvalue weighted by Crippen LogP contribution is 2.24. The minimum absolute atomic E-state index is 0.255. The van der Waals surface area contributed by atoms with Gasteiger partial charge in [-0.3, -0.25) is 14.3 Å². The van der Waals surface area contributed by atoms with Crippen molar-refractivity contribution in [3.8, 4) is 0 Å². The van der Waals surface area contributed by atoms with Gasteiger partial charge in [-0.25, -0.2) is 0 Å². The van der Waals surface area contributed by atoms with Gasteiger partial charge in [-0.05, 0) is 30.9 Å². The molecular weight excluding hydrogens is 320 g/mol. The van der Waals surface area contributed by atoms with Gasteiger partial charge in [0.25, 0.3) is 0 Å². The lowest BCUT2D eigenvalue weighted by Crippen LogP contribution is -2.29. The van der Waals surface area contributed by atoms with Crippen molar-refractivity contribution in [1.82, 2.24) is 5.16 Å². The molecule has 0 bridgehead atoms. The van der Waals surface area contributed by atoms with Gasteiger partial charge in [0.2, 0.25) is 11.8 Å². The molecule has 0 aliphatic heterocycles. The number of carbonyl (C=O) groups is 1. The van der Waals surface area contributed by atoms with Gasteiger partial charge in [-0.1, -0.05) is 16.8 Å². The molecule has 8 heteroatoms. The SMILES string of the molecule is Cc1cc(NC(=O)C(C)S(=O)Cc2ccsc2Cl)on1. The van der Waals surface area contributed by atoms with Gasteiger partial charge < -0.3 is 4.52 Å². The van der Waals surface area contributed by atoms with Crippen LogP contribution in [-0.4, -0.2) is 20.5 Å². The summed E-state index contributed by atoms with van der Waals surface area (Å²) < 4.78 is 17.6. The van der Waals surface area contributed by atoms with Gasteiger partial charge in [0.1, 0.15) is 5.25 Å². The molecule has 5 nitrogen and oxygen atoms in total. The van der Waals surface area contributed by atoms with E-state index in [1.54, 1.807) is 19.9 Å². The van der Waals surface area contributed by atoms with Crippen molar-refractivity contribution in [2.75, 3.05) is 5.32 Å². The van der Waals surface area contributed by atoms with Crippen LogP contribution in [-0.2, 0) is 21.3 Å². The zero-order valence-electron chi connectivity index (χ0n) is 10.9. The number of carbonyl (C=O) groups excluding carboxylic acids is 1. The molecule has 0 aliphatic carbocycles. The van der Waals surface area contributed by atoms with Crippen LogP contribution >= 0.6 is 22.9 Å². The topological polar surface area (TPSA) is 72.2 Å². The number of aryl methyl sites for hydroxylation is 1. The number of rotatable bonds is 5. The van der Waals surface area contributed by atoms with Crippen molar-refractivity contribution < 1.29 is 13.5 Å². The largest absolute Gasteiger partial charge is 0.338 e. The number of nitrogens with one attached hydrogen (secondary N) is 1. The molecule has 2 unspecified atom stereocenters. The molecule has 2 heterocycles. The van der Waals surface area contributed by atoms with Gasteiger partial charge in [0, 0.05) is 16.9 Å². The molecule has 0 saturated carbocycles. The maximum Gasteiger partial charge on any atom is 0.242 e. The van der Waals surface area contributed by atoms with Crippen molar-refractivity contribution in [3.05, 3.63) is 33.1 Å². The third-order valence-electron chi connectivity index (χ3n) is 2.63. The third-order valence-corrected chi connectivity index (χ3v) is 5.48. The summed E-state index contributed by atoms with van der Waals surface area (Å²) in [5.41, 5.74) is 1.46. The fraction of sp³-hybridized carbons (Fsp3) is 0.333. The molecule has 0 aromatic carbocycles. The molecule has 0 saturated heterocycles. The molecule has 2 aromatic heterocycles. The summed E-state index contributed by atoms with van der Waals surface area (Å²) >= 11 is 7.34. The number of aromatic nitrogens is 1. The summed E-state index contributed by atoms with van der Waals surface area (Å²) in [5.74, 6) is 0.141. The Morgan fingerprint density at radius 3 is 2.95 bits per heavy atom. The Morgan fingerprint density at radius 1 is 1.65 bits per heavy atom. The van der Waals surface area contributed by atoms with Crippen LogP contribution in [0.5, 0.6) is 0 Å². The quantitative estimate of drug-likeness (QED) is 0.913. The number of halogens is 1. The summed E-state index contributed by atoms with van der Waals surface area (Å²) in [4.78, 5) is 12.0. The minimum atomic E-state index is -1.35. The fourth-order valence-electron chi connectivity index (χ4n) is 1.47. The van der Waals surface area contributed by atoms with Gasteiger partial charge in [0.05, 0.1) is 15.8 Å². The first-order valence-corrected chi connectivity index (χ1v) is 8.44. The molecule has 20 heavy (non-hydrogen) atoms. The zero-order chi connectivity index (χ0) is 14.7. The van der Waals surface area contributed by atoms with Crippen LogP contribution in [0.3, 0.4) is 0 Å². The Hall–Kier alpha value is -1.18. The van der Waals surface area contributed by atoms with Gasteiger partial charge in [-0.15, -0.1) is 11.3 Å².